The number of nitrogens with two attached hydrogens (primary N) is 1. The number of unbranched alkanes of at least 4 members (excludes halogenated alkanes) is 3. The van der Waals surface area contributed by atoms with Crippen molar-refractivity contribution < 1.29 is 0 Å². The van der Waals surface area contributed by atoms with E-state index in [4.69, 9.17) is 5.73 Å². The van der Waals surface area contributed by atoms with Gasteiger partial charge in [-0.15, -0.1) is 35.3 Å². The molecule has 5 nitrogen and oxygen atoms in total. The topological polar surface area (TPSA) is 57.8 Å². The Balaban J connectivity index is 0.00000220. The van der Waals surface area contributed by atoms with Crippen molar-refractivity contribution >= 4 is 46.4 Å². The minimum atomic E-state index is 0. The number of guanidine groups is 1. The van der Waals surface area contributed by atoms with Crippen LogP contribution in [0.2, 0.25) is 0 Å². The lowest BCUT2D eigenvalue weighted by Gasteiger charge is -2.35. The zero-order valence-electron chi connectivity index (χ0n) is 12.7. The lowest BCUT2D eigenvalue weighted by molar-refractivity contribution is 0.380. The van der Waals surface area contributed by atoms with E-state index in [1.165, 1.54) is 19.3 Å². The first-order valence-electron chi connectivity index (χ1n) is 7.50. The third kappa shape index (κ3) is 5.98. The molecular weight excluding hydrogens is 397 g/mol. The van der Waals surface area contributed by atoms with E-state index in [2.05, 4.69) is 26.7 Å². The van der Waals surface area contributed by atoms with Gasteiger partial charge in [0.2, 0.25) is 0 Å². The van der Waals surface area contributed by atoms with E-state index in [-0.39, 0.29) is 24.0 Å². The number of aromatic nitrogens is 1. The van der Waals surface area contributed by atoms with Crippen molar-refractivity contribution in [2.45, 2.75) is 32.6 Å². The van der Waals surface area contributed by atoms with Crippen LogP contribution in [0.15, 0.2) is 16.6 Å². The highest BCUT2D eigenvalue weighted by atomic mass is 127. The average molecular weight is 423 g/mol. The molecule has 1 saturated heterocycles. The molecule has 2 heterocycles. The molecule has 2 rings (SSSR count). The van der Waals surface area contributed by atoms with Crippen molar-refractivity contribution in [3.8, 4) is 0 Å². The average Bonchev–Trinajstić information content (AvgIpc) is 3.01. The fourth-order valence-electron chi connectivity index (χ4n) is 2.33. The van der Waals surface area contributed by atoms with Crippen LogP contribution in [0.4, 0.5) is 5.13 Å². The third-order valence-electron chi connectivity index (χ3n) is 3.58. The zero-order chi connectivity index (χ0) is 14.2. The molecule has 0 atom stereocenters. The number of hydrogen-bond acceptors (Lipinski definition) is 4. The van der Waals surface area contributed by atoms with Gasteiger partial charge in [0.25, 0.3) is 0 Å². The molecule has 0 bridgehead atoms. The Bertz CT molecular complexity index is 402. The van der Waals surface area contributed by atoms with Crippen LogP contribution in [-0.2, 0) is 0 Å². The van der Waals surface area contributed by atoms with Crippen LogP contribution in [0.25, 0.3) is 0 Å². The summed E-state index contributed by atoms with van der Waals surface area (Å²) in [6.45, 7) is 6.89. The van der Waals surface area contributed by atoms with Gasteiger partial charge < -0.3 is 15.5 Å². The van der Waals surface area contributed by atoms with Crippen molar-refractivity contribution in [2.75, 3.05) is 37.6 Å². The normalized spacial score (nSPS) is 16.0. The van der Waals surface area contributed by atoms with Crippen molar-refractivity contribution in [3.05, 3.63) is 11.6 Å². The predicted molar refractivity (Wildman–Crippen MR) is 102 cm³/mol. The summed E-state index contributed by atoms with van der Waals surface area (Å²) >= 11 is 1.70. The van der Waals surface area contributed by atoms with Crippen LogP contribution in [0.3, 0.4) is 0 Å². The van der Waals surface area contributed by atoms with E-state index in [0.717, 1.165) is 44.3 Å². The molecule has 21 heavy (non-hydrogen) atoms. The van der Waals surface area contributed by atoms with Crippen LogP contribution < -0.4 is 10.6 Å². The Morgan fingerprint density at radius 1 is 1.29 bits per heavy atom. The Morgan fingerprint density at radius 3 is 2.67 bits per heavy atom. The molecule has 0 unspecified atom stereocenters. The maximum absolute atomic E-state index is 6.07. The molecule has 0 aliphatic carbocycles. The van der Waals surface area contributed by atoms with E-state index < -0.39 is 0 Å². The monoisotopic (exact) mass is 423 g/mol. The van der Waals surface area contributed by atoms with E-state index >= 15 is 0 Å². The molecule has 0 aromatic carbocycles. The minimum Gasteiger partial charge on any atom is -0.370 e. The first-order valence-corrected chi connectivity index (χ1v) is 8.38. The SMILES string of the molecule is CCCCCCN=C(N)N1CCN(c2nccs2)CC1.I. The highest BCUT2D eigenvalue weighted by molar-refractivity contribution is 14.0. The van der Waals surface area contributed by atoms with Crippen molar-refractivity contribution in [1.29, 1.82) is 0 Å². The zero-order valence-corrected chi connectivity index (χ0v) is 15.8. The lowest BCUT2D eigenvalue weighted by Crippen LogP contribution is -2.51. The molecule has 0 spiro atoms. The number of piperazine rings is 1. The van der Waals surface area contributed by atoms with E-state index in [1.807, 2.05) is 11.6 Å². The summed E-state index contributed by atoms with van der Waals surface area (Å²) in [7, 11) is 0. The smallest absolute Gasteiger partial charge is 0.191 e. The Labute approximate surface area is 148 Å². The van der Waals surface area contributed by atoms with Gasteiger partial charge in [-0.2, -0.15) is 0 Å². The van der Waals surface area contributed by atoms with Gasteiger partial charge in [0.1, 0.15) is 0 Å². The highest BCUT2D eigenvalue weighted by Crippen LogP contribution is 2.18. The van der Waals surface area contributed by atoms with Crippen LogP contribution in [0, 0.1) is 0 Å². The molecule has 1 aliphatic heterocycles. The molecule has 120 valence electrons. The van der Waals surface area contributed by atoms with Gasteiger partial charge in [-0.3, -0.25) is 4.99 Å². The van der Waals surface area contributed by atoms with Gasteiger partial charge in [0.05, 0.1) is 0 Å². The summed E-state index contributed by atoms with van der Waals surface area (Å²) < 4.78 is 0. The second-order valence-electron chi connectivity index (χ2n) is 5.09. The van der Waals surface area contributed by atoms with Crippen molar-refractivity contribution in [2.24, 2.45) is 10.7 Å². The number of thiazole rings is 1. The predicted octanol–water partition coefficient (Wildman–Crippen LogP) is 2.78. The fraction of sp³-hybridized carbons (Fsp3) is 0.714. The standard InChI is InChI=1S/C14H25N5S.HI/c1-2-3-4-5-6-16-13(15)18-8-10-19(11-9-18)14-17-7-12-20-14;/h7,12H,2-6,8-11H2,1H3,(H2,15,16);1H. The molecular formula is C14H26IN5S. The number of rotatable bonds is 6. The first kappa shape index (κ1) is 18.5. The second-order valence-corrected chi connectivity index (χ2v) is 5.96. The molecule has 0 saturated carbocycles. The van der Waals surface area contributed by atoms with E-state index in [0.29, 0.717) is 5.96 Å². The second kappa shape index (κ2) is 10.2. The number of hydrogen-bond donors (Lipinski definition) is 1. The highest BCUT2D eigenvalue weighted by Gasteiger charge is 2.19. The van der Waals surface area contributed by atoms with Crippen LogP contribution in [0.1, 0.15) is 32.6 Å². The molecule has 1 aliphatic rings. The first-order chi connectivity index (χ1) is 9.81. The van der Waals surface area contributed by atoms with E-state index in [9.17, 15) is 0 Å². The largest absolute Gasteiger partial charge is 0.370 e. The van der Waals surface area contributed by atoms with Crippen LogP contribution >= 0.6 is 35.3 Å². The summed E-state index contributed by atoms with van der Waals surface area (Å²) in [6.07, 6.45) is 6.82. The Morgan fingerprint density at radius 2 is 2.05 bits per heavy atom. The van der Waals surface area contributed by atoms with Crippen LogP contribution in [0.5, 0.6) is 0 Å². The quantitative estimate of drug-likeness (QED) is 0.331. The van der Waals surface area contributed by atoms with Crippen LogP contribution in [-0.4, -0.2) is 48.6 Å². The maximum Gasteiger partial charge on any atom is 0.191 e. The van der Waals surface area contributed by atoms with Gasteiger partial charge in [0.15, 0.2) is 11.1 Å². The summed E-state index contributed by atoms with van der Waals surface area (Å²) in [5, 5.41) is 3.13. The molecule has 7 heteroatoms. The summed E-state index contributed by atoms with van der Waals surface area (Å²) in [6, 6.07) is 0. The number of nitrogens with zero attached hydrogens (tertiary/aromatic N) is 4. The van der Waals surface area contributed by atoms with Gasteiger partial charge in [-0.05, 0) is 6.42 Å². The fourth-order valence-corrected chi connectivity index (χ4v) is 3.03. The van der Waals surface area contributed by atoms with Gasteiger partial charge in [0, 0.05) is 44.3 Å². The molecule has 1 aromatic rings. The Hall–Kier alpha value is -0.570. The number of anilines is 1. The van der Waals surface area contributed by atoms with Crippen molar-refractivity contribution in [3.63, 3.8) is 0 Å². The summed E-state index contributed by atoms with van der Waals surface area (Å²) in [5.41, 5.74) is 6.07. The van der Waals surface area contributed by atoms with Crippen molar-refractivity contribution in [1.82, 2.24) is 9.88 Å². The molecule has 0 amide bonds. The molecule has 1 fully saturated rings. The molecule has 1 aromatic heterocycles. The third-order valence-corrected chi connectivity index (χ3v) is 4.41. The van der Waals surface area contributed by atoms with E-state index in [1.54, 1.807) is 11.3 Å². The van der Waals surface area contributed by atoms with Gasteiger partial charge in [-0.1, -0.05) is 26.2 Å². The number of aliphatic imine (C=N–C) groups is 1. The lowest BCUT2D eigenvalue weighted by atomic mass is 10.2. The molecule has 0 radical (unpaired) electrons. The van der Waals surface area contributed by atoms with Gasteiger partial charge in [-0.25, -0.2) is 4.98 Å². The van der Waals surface area contributed by atoms with Gasteiger partial charge >= 0.3 is 0 Å². The minimum absolute atomic E-state index is 0. The maximum atomic E-state index is 6.07. The number of halogens is 1. The summed E-state index contributed by atoms with van der Waals surface area (Å²) in [5.74, 6) is 0.709. The Kier molecular flexibility index (Phi) is 8.98. The molecule has 2 N–H and O–H groups in total. The summed E-state index contributed by atoms with van der Waals surface area (Å²) in [4.78, 5) is 13.3.